The van der Waals surface area contributed by atoms with Crippen molar-refractivity contribution >= 4 is 5.91 Å². The van der Waals surface area contributed by atoms with Crippen LogP contribution in [0.4, 0.5) is 0 Å². The molecule has 0 spiro atoms. The lowest BCUT2D eigenvalue weighted by Crippen LogP contribution is -2.29. The molecule has 1 heterocycles. The molecule has 1 amide bonds. The van der Waals surface area contributed by atoms with Gasteiger partial charge in [-0.3, -0.25) is 4.79 Å². The predicted molar refractivity (Wildman–Crippen MR) is 136 cm³/mol. The number of carbonyl (C=O) groups is 1. The zero-order valence-electron chi connectivity index (χ0n) is 19.9. The Hall–Kier alpha value is -4.35. The van der Waals surface area contributed by atoms with Crippen molar-refractivity contribution in [3.63, 3.8) is 0 Å². The van der Waals surface area contributed by atoms with Crippen molar-refractivity contribution in [2.24, 2.45) is 0 Å². The van der Waals surface area contributed by atoms with Crippen LogP contribution in [0.1, 0.15) is 41.9 Å². The van der Waals surface area contributed by atoms with E-state index in [0.717, 1.165) is 34.4 Å². The third kappa shape index (κ3) is 5.26. The van der Waals surface area contributed by atoms with E-state index in [0.29, 0.717) is 18.7 Å². The molecular formula is C30H27N3O2. The van der Waals surface area contributed by atoms with E-state index in [2.05, 4.69) is 18.2 Å². The van der Waals surface area contributed by atoms with Gasteiger partial charge in [0.25, 0.3) is 5.91 Å². The van der Waals surface area contributed by atoms with Gasteiger partial charge in [-0.1, -0.05) is 67.6 Å². The highest BCUT2D eigenvalue weighted by atomic mass is 16.5. The Morgan fingerprint density at radius 2 is 1.83 bits per heavy atom. The second-order valence-electron chi connectivity index (χ2n) is 8.78. The van der Waals surface area contributed by atoms with E-state index in [1.807, 2.05) is 73.7 Å². The molecule has 3 aromatic rings. The summed E-state index contributed by atoms with van der Waals surface area (Å²) in [5, 5.41) is 19.3. The Bertz CT molecular complexity index is 1330. The van der Waals surface area contributed by atoms with Gasteiger partial charge in [-0.05, 0) is 41.3 Å². The first-order chi connectivity index (χ1) is 17.0. The van der Waals surface area contributed by atoms with Gasteiger partial charge in [0.15, 0.2) is 0 Å². The molecule has 1 saturated heterocycles. The van der Waals surface area contributed by atoms with Gasteiger partial charge in [-0.15, -0.1) is 0 Å². The number of ether oxygens (including phenoxy) is 1. The first-order valence-corrected chi connectivity index (χ1v) is 11.7. The largest absolute Gasteiger partial charge is 0.496 e. The van der Waals surface area contributed by atoms with Crippen molar-refractivity contribution in [2.45, 2.75) is 25.2 Å². The van der Waals surface area contributed by atoms with Gasteiger partial charge in [0.1, 0.15) is 17.4 Å². The van der Waals surface area contributed by atoms with E-state index < -0.39 is 0 Å². The molecule has 1 fully saturated rings. The summed E-state index contributed by atoms with van der Waals surface area (Å²) in [5.41, 5.74) is 4.65. The van der Waals surface area contributed by atoms with Gasteiger partial charge in [0, 0.05) is 30.5 Å². The second-order valence-corrected chi connectivity index (χ2v) is 8.78. The van der Waals surface area contributed by atoms with Crippen LogP contribution in [0.3, 0.4) is 0 Å². The molecule has 5 heteroatoms. The summed E-state index contributed by atoms with van der Waals surface area (Å²) in [7, 11) is 1.63. The summed E-state index contributed by atoms with van der Waals surface area (Å²) in [6.07, 6.45) is 2.53. The van der Waals surface area contributed by atoms with E-state index in [9.17, 15) is 15.3 Å². The monoisotopic (exact) mass is 461 g/mol. The van der Waals surface area contributed by atoms with Crippen LogP contribution in [0.5, 0.6) is 5.75 Å². The fraction of sp³-hybridized carbons (Fsp3) is 0.233. The molecule has 0 N–H and O–H groups in total. The molecule has 5 nitrogen and oxygen atoms in total. The summed E-state index contributed by atoms with van der Waals surface area (Å²) < 4.78 is 5.52. The van der Waals surface area contributed by atoms with Gasteiger partial charge >= 0.3 is 0 Å². The zero-order valence-corrected chi connectivity index (χ0v) is 19.9. The molecule has 3 aromatic carbocycles. The number of methoxy groups -OCH3 is 1. The Kier molecular flexibility index (Phi) is 7.29. The first kappa shape index (κ1) is 23.8. The lowest BCUT2D eigenvalue weighted by molar-refractivity contribution is -0.125. The lowest BCUT2D eigenvalue weighted by atomic mass is 9.92. The summed E-state index contributed by atoms with van der Waals surface area (Å²) in [6, 6.07) is 27.8. The molecule has 4 rings (SSSR count). The topological polar surface area (TPSA) is 77.1 Å². The summed E-state index contributed by atoms with van der Waals surface area (Å²) in [6.45, 7) is 3.07. The van der Waals surface area contributed by atoms with Crippen molar-refractivity contribution in [1.29, 1.82) is 10.5 Å². The van der Waals surface area contributed by atoms with Crippen LogP contribution in [0.15, 0.2) is 84.4 Å². The second kappa shape index (κ2) is 10.7. The van der Waals surface area contributed by atoms with Crippen LogP contribution in [-0.4, -0.2) is 31.0 Å². The van der Waals surface area contributed by atoms with Gasteiger partial charge in [0.2, 0.25) is 0 Å². The molecule has 2 unspecified atom stereocenters. The van der Waals surface area contributed by atoms with Crippen LogP contribution in [0.2, 0.25) is 0 Å². The molecule has 0 aliphatic carbocycles. The number of carbonyl (C=O) groups excluding carboxylic acids is 1. The van der Waals surface area contributed by atoms with Gasteiger partial charge < -0.3 is 9.64 Å². The minimum Gasteiger partial charge on any atom is -0.496 e. The van der Waals surface area contributed by atoms with Gasteiger partial charge in [-0.25, -0.2) is 0 Å². The molecule has 0 radical (unpaired) electrons. The fourth-order valence-electron chi connectivity index (χ4n) is 4.64. The molecule has 1 aliphatic rings. The maximum atomic E-state index is 13.2. The number of allylic oxidation sites excluding steroid dienone is 1. The predicted octanol–water partition coefficient (Wildman–Crippen LogP) is 5.80. The van der Waals surface area contributed by atoms with E-state index in [1.54, 1.807) is 18.1 Å². The van der Waals surface area contributed by atoms with Crippen molar-refractivity contribution < 1.29 is 9.53 Å². The van der Waals surface area contributed by atoms with Crippen LogP contribution >= 0.6 is 0 Å². The van der Waals surface area contributed by atoms with E-state index in [-0.39, 0.29) is 23.3 Å². The molecule has 174 valence electrons. The number of hydrogen-bond donors (Lipinski definition) is 0. The Morgan fingerprint density at radius 1 is 1.09 bits per heavy atom. The minimum absolute atomic E-state index is 0.0380. The maximum Gasteiger partial charge on any atom is 0.264 e. The van der Waals surface area contributed by atoms with Crippen molar-refractivity contribution in [3.8, 4) is 29.0 Å². The molecule has 0 bridgehead atoms. The molecule has 0 saturated carbocycles. The number of amides is 1. The number of likely N-dealkylation sites (tertiary alicyclic amines) is 1. The third-order valence-corrected chi connectivity index (χ3v) is 6.54. The summed E-state index contributed by atoms with van der Waals surface area (Å²) in [5.74, 6) is 0.559. The molecule has 2 atom stereocenters. The minimum atomic E-state index is -0.237. The van der Waals surface area contributed by atoms with Crippen molar-refractivity contribution in [1.82, 2.24) is 4.90 Å². The fourth-order valence-corrected chi connectivity index (χ4v) is 4.64. The highest BCUT2D eigenvalue weighted by Crippen LogP contribution is 2.35. The number of nitrogens with zero attached hydrogens (tertiary/aromatic N) is 3. The highest BCUT2D eigenvalue weighted by Gasteiger charge is 2.30. The zero-order chi connectivity index (χ0) is 24.8. The molecule has 1 aliphatic heterocycles. The number of para-hydroxylation sites is 1. The van der Waals surface area contributed by atoms with E-state index in [4.69, 9.17) is 4.74 Å². The average molecular weight is 462 g/mol. The van der Waals surface area contributed by atoms with Crippen LogP contribution in [-0.2, 0) is 4.79 Å². The number of rotatable bonds is 6. The Morgan fingerprint density at radius 3 is 2.54 bits per heavy atom. The van der Waals surface area contributed by atoms with Gasteiger partial charge in [0.05, 0.1) is 18.7 Å². The Balaban J connectivity index is 1.56. The van der Waals surface area contributed by atoms with Crippen LogP contribution < -0.4 is 4.74 Å². The third-order valence-electron chi connectivity index (χ3n) is 6.54. The lowest BCUT2D eigenvalue weighted by Gasteiger charge is -2.18. The average Bonchev–Trinajstić information content (AvgIpc) is 3.42. The highest BCUT2D eigenvalue weighted by molar-refractivity contribution is 5.97. The molecule has 35 heavy (non-hydrogen) atoms. The number of benzene rings is 3. The summed E-state index contributed by atoms with van der Waals surface area (Å²) in [4.78, 5) is 14.9. The standard InChI is InChI=1S/C30H27N3O2/c1-21(23-8-4-3-5-9-23)14-27(19-32)30(34)33-13-12-24(20-33)25-15-22(18-31)16-26(17-25)28-10-6-7-11-29(28)35-2/h3-11,14-17,21,24H,12-13,20H2,1-2H3/b27-14+. The maximum absolute atomic E-state index is 13.2. The van der Waals surface area contributed by atoms with Crippen molar-refractivity contribution in [2.75, 3.05) is 20.2 Å². The first-order valence-electron chi connectivity index (χ1n) is 11.7. The SMILES string of the molecule is COc1ccccc1-c1cc(C#N)cc(C2CCN(C(=O)/C(C#N)=C/C(C)c3ccccc3)C2)c1. The molecular weight excluding hydrogens is 434 g/mol. The smallest absolute Gasteiger partial charge is 0.264 e. The molecule has 0 aromatic heterocycles. The van der Waals surface area contributed by atoms with Crippen LogP contribution in [0, 0.1) is 22.7 Å². The quantitative estimate of drug-likeness (QED) is 0.343. The number of hydrogen-bond acceptors (Lipinski definition) is 4. The summed E-state index contributed by atoms with van der Waals surface area (Å²) >= 11 is 0. The van der Waals surface area contributed by atoms with Gasteiger partial charge in [-0.2, -0.15) is 10.5 Å². The number of nitriles is 2. The van der Waals surface area contributed by atoms with E-state index in [1.165, 1.54) is 0 Å². The normalized spacial score (nSPS) is 16.3. The van der Waals surface area contributed by atoms with Crippen molar-refractivity contribution in [3.05, 3.63) is 101 Å². The van der Waals surface area contributed by atoms with Crippen LogP contribution in [0.25, 0.3) is 11.1 Å². The Labute approximate surface area is 206 Å². The van der Waals surface area contributed by atoms with E-state index >= 15 is 0 Å².